The van der Waals surface area contributed by atoms with Crippen LogP contribution in [0.5, 0.6) is 0 Å². The molecular formula is C20H25N5O. The van der Waals surface area contributed by atoms with E-state index in [2.05, 4.69) is 23.8 Å². The van der Waals surface area contributed by atoms with E-state index in [1.807, 2.05) is 39.9 Å². The third kappa shape index (κ3) is 3.23. The van der Waals surface area contributed by atoms with Crippen molar-refractivity contribution in [1.29, 1.82) is 0 Å². The summed E-state index contributed by atoms with van der Waals surface area (Å²) < 4.78 is 1.97. The Bertz CT molecular complexity index is 877. The number of amides is 1. The molecular weight excluding hydrogens is 326 g/mol. The van der Waals surface area contributed by atoms with E-state index in [1.54, 1.807) is 6.20 Å². The molecule has 1 amide bonds. The van der Waals surface area contributed by atoms with Gasteiger partial charge in [-0.25, -0.2) is 9.97 Å². The average molecular weight is 351 g/mol. The summed E-state index contributed by atoms with van der Waals surface area (Å²) in [5, 5.41) is 0. The molecule has 1 N–H and O–H groups in total. The molecule has 2 aromatic heterocycles. The molecule has 0 unspecified atom stereocenters. The Morgan fingerprint density at radius 1 is 1.35 bits per heavy atom. The highest BCUT2D eigenvalue weighted by Gasteiger charge is 2.27. The number of carbonyl (C=O) groups excluding carboxylic acids is 1. The first-order valence-electron chi connectivity index (χ1n) is 9.35. The largest absolute Gasteiger partial charge is 0.342 e. The first-order chi connectivity index (χ1) is 12.6. The summed E-state index contributed by atoms with van der Waals surface area (Å²) in [5.41, 5.74) is 2.05. The molecule has 6 nitrogen and oxygen atoms in total. The van der Waals surface area contributed by atoms with Gasteiger partial charge in [-0.15, -0.1) is 0 Å². The van der Waals surface area contributed by atoms with Crippen molar-refractivity contribution in [2.24, 2.45) is 0 Å². The normalized spacial score (nSPS) is 18.0. The zero-order valence-corrected chi connectivity index (χ0v) is 15.4. The van der Waals surface area contributed by atoms with Gasteiger partial charge < -0.3 is 14.5 Å². The number of hydrogen-bond donors (Lipinski definition) is 1. The van der Waals surface area contributed by atoms with E-state index in [1.165, 1.54) is 0 Å². The van der Waals surface area contributed by atoms with Crippen molar-refractivity contribution in [1.82, 2.24) is 24.4 Å². The number of aromatic amines is 1. The quantitative estimate of drug-likeness (QED) is 0.784. The monoisotopic (exact) mass is 351 g/mol. The molecule has 0 spiro atoms. The fraction of sp³-hybridized carbons (Fsp3) is 0.450. The summed E-state index contributed by atoms with van der Waals surface area (Å²) >= 11 is 0. The van der Waals surface area contributed by atoms with Gasteiger partial charge in [-0.05, 0) is 25.0 Å². The molecule has 0 saturated carbocycles. The van der Waals surface area contributed by atoms with E-state index < -0.39 is 0 Å². The number of imidazole rings is 2. The highest BCUT2D eigenvalue weighted by molar-refractivity contribution is 5.77. The van der Waals surface area contributed by atoms with Crippen molar-refractivity contribution in [2.45, 2.75) is 45.1 Å². The number of H-pyrrole nitrogens is 1. The minimum absolute atomic E-state index is 0.158. The highest BCUT2D eigenvalue weighted by atomic mass is 16.2. The first kappa shape index (κ1) is 16.8. The Hall–Kier alpha value is -2.63. The molecule has 0 bridgehead atoms. The van der Waals surface area contributed by atoms with Crippen LogP contribution in [0.3, 0.4) is 0 Å². The summed E-state index contributed by atoms with van der Waals surface area (Å²) in [7, 11) is 0. The van der Waals surface area contributed by atoms with Crippen LogP contribution in [0.25, 0.3) is 11.0 Å². The van der Waals surface area contributed by atoms with Gasteiger partial charge in [-0.1, -0.05) is 26.0 Å². The van der Waals surface area contributed by atoms with E-state index >= 15 is 0 Å². The van der Waals surface area contributed by atoms with Gasteiger partial charge in [-0.2, -0.15) is 0 Å². The maximum atomic E-state index is 12.8. The number of aromatic nitrogens is 4. The Morgan fingerprint density at radius 2 is 2.19 bits per heavy atom. The van der Waals surface area contributed by atoms with Gasteiger partial charge in [-0.3, -0.25) is 4.79 Å². The molecule has 3 aromatic rings. The zero-order valence-electron chi connectivity index (χ0n) is 15.4. The molecule has 1 aromatic carbocycles. The second-order valence-corrected chi connectivity index (χ2v) is 7.39. The topological polar surface area (TPSA) is 66.8 Å². The second kappa shape index (κ2) is 6.94. The van der Waals surface area contributed by atoms with Crippen molar-refractivity contribution >= 4 is 16.9 Å². The fourth-order valence-corrected chi connectivity index (χ4v) is 3.79. The van der Waals surface area contributed by atoms with Crippen molar-refractivity contribution in [2.75, 3.05) is 13.1 Å². The highest BCUT2D eigenvalue weighted by Crippen LogP contribution is 2.27. The Kier molecular flexibility index (Phi) is 4.49. The lowest BCUT2D eigenvalue weighted by Gasteiger charge is -2.32. The van der Waals surface area contributed by atoms with Gasteiger partial charge in [0.1, 0.15) is 18.2 Å². The van der Waals surface area contributed by atoms with Crippen LogP contribution in [0.2, 0.25) is 0 Å². The zero-order chi connectivity index (χ0) is 18.1. The number of hydrogen-bond acceptors (Lipinski definition) is 3. The van der Waals surface area contributed by atoms with Crippen molar-refractivity contribution in [3.8, 4) is 0 Å². The molecule has 136 valence electrons. The van der Waals surface area contributed by atoms with Gasteiger partial charge in [0.15, 0.2) is 0 Å². The molecule has 0 radical (unpaired) electrons. The van der Waals surface area contributed by atoms with Crippen molar-refractivity contribution in [3.63, 3.8) is 0 Å². The van der Waals surface area contributed by atoms with Crippen LogP contribution in [0, 0.1) is 0 Å². The minimum atomic E-state index is 0.158. The number of benzene rings is 1. The Balaban J connectivity index is 1.47. The van der Waals surface area contributed by atoms with E-state index in [-0.39, 0.29) is 11.8 Å². The van der Waals surface area contributed by atoms with Crippen LogP contribution in [0.15, 0.2) is 36.7 Å². The third-order valence-electron chi connectivity index (χ3n) is 5.14. The maximum absolute atomic E-state index is 12.8. The number of fused-ring (bicyclic) bond motifs is 1. The van der Waals surface area contributed by atoms with E-state index in [0.29, 0.717) is 12.5 Å². The molecule has 4 rings (SSSR count). The van der Waals surface area contributed by atoms with E-state index in [4.69, 9.17) is 4.98 Å². The third-order valence-corrected chi connectivity index (χ3v) is 5.14. The molecule has 1 aliphatic rings. The smallest absolute Gasteiger partial charge is 0.242 e. The molecule has 26 heavy (non-hydrogen) atoms. The van der Waals surface area contributed by atoms with E-state index in [0.717, 1.165) is 48.6 Å². The Labute approximate surface area is 153 Å². The predicted molar refractivity (Wildman–Crippen MR) is 101 cm³/mol. The van der Waals surface area contributed by atoms with Crippen molar-refractivity contribution in [3.05, 3.63) is 48.3 Å². The van der Waals surface area contributed by atoms with E-state index in [9.17, 15) is 4.79 Å². The van der Waals surface area contributed by atoms with Crippen LogP contribution in [-0.2, 0) is 11.3 Å². The standard InChI is InChI=1S/C20H25N5O/c1-14(2)20-21-9-11-25(20)13-18(26)24-10-5-6-15(12-24)19-22-16-7-3-4-8-17(16)23-19/h3-4,7-9,11,14-15H,5-6,10,12-13H2,1-2H3,(H,22,23)/t15-/m0/s1. The molecule has 3 heterocycles. The number of piperidine rings is 1. The van der Waals surface area contributed by atoms with Crippen LogP contribution in [0.1, 0.15) is 50.2 Å². The number of carbonyl (C=O) groups is 1. The van der Waals surface area contributed by atoms with Gasteiger partial charge >= 0.3 is 0 Å². The summed E-state index contributed by atoms with van der Waals surface area (Å²) in [5.74, 6) is 2.69. The summed E-state index contributed by atoms with van der Waals surface area (Å²) in [6.07, 6.45) is 5.74. The lowest BCUT2D eigenvalue weighted by Crippen LogP contribution is -2.41. The predicted octanol–water partition coefficient (Wildman–Crippen LogP) is 3.29. The number of para-hydroxylation sites is 2. The number of rotatable bonds is 4. The van der Waals surface area contributed by atoms with Gasteiger partial charge in [0, 0.05) is 37.3 Å². The van der Waals surface area contributed by atoms with Crippen molar-refractivity contribution < 1.29 is 4.79 Å². The molecule has 1 fully saturated rings. The molecule has 1 aliphatic heterocycles. The molecule has 0 aliphatic carbocycles. The van der Waals surface area contributed by atoms with Crippen LogP contribution >= 0.6 is 0 Å². The number of likely N-dealkylation sites (tertiary alicyclic amines) is 1. The van der Waals surface area contributed by atoms with Crippen LogP contribution in [-0.4, -0.2) is 43.4 Å². The van der Waals surface area contributed by atoms with Gasteiger partial charge in [0.05, 0.1) is 11.0 Å². The fourth-order valence-electron chi connectivity index (χ4n) is 3.79. The lowest BCUT2D eigenvalue weighted by molar-refractivity contribution is -0.133. The number of nitrogens with zero attached hydrogens (tertiary/aromatic N) is 4. The molecule has 6 heteroatoms. The SMILES string of the molecule is CC(C)c1nccn1CC(=O)N1CCC[C@H](c2nc3ccccc3[nH]2)C1. The first-order valence-corrected chi connectivity index (χ1v) is 9.35. The second-order valence-electron chi connectivity index (χ2n) is 7.39. The van der Waals surface area contributed by atoms with Crippen LogP contribution in [0.4, 0.5) is 0 Å². The molecule has 1 saturated heterocycles. The maximum Gasteiger partial charge on any atom is 0.242 e. The Morgan fingerprint density at radius 3 is 3.00 bits per heavy atom. The number of nitrogens with one attached hydrogen (secondary N) is 1. The van der Waals surface area contributed by atoms with Gasteiger partial charge in [0.25, 0.3) is 0 Å². The van der Waals surface area contributed by atoms with Gasteiger partial charge in [0.2, 0.25) is 5.91 Å². The van der Waals surface area contributed by atoms with Crippen LogP contribution < -0.4 is 0 Å². The summed E-state index contributed by atoms with van der Waals surface area (Å²) in [6.45, 7) is 6.11. The summed E-state index contributed by atoms with van der Waals surface area (Å²) in [4.78, 5) is 27.4. The lowest BCUT2D eigenvalue weighted by atomic mass is 9.97. The molecule has 1 atom stereocenters. The average Bonchev–Trinajstić information content (AvgIpc) is 3.28. The summed E-state index contributed by atoms with van der Waals surface area (Å²) in [6, 6.07) is 8.08. The minimum Gasteiger partial charge on any atom is -0.342 e.